The van der Waals surface area contributed by atoms with E-state index in [4.69, 9.17) is 34.8 Å². The van der Waals surface area contributed by atoms with Crippen molar-refractivity contribution >= 4 is 34.8 Å². The van der Waals surface area contributed by atoms with Crippen molar-refractivity contribution in [2.75, 3.05) is 0 Å². The lowest BCUT2D eigenvalue weighted by molar-refractivity contribution is 0.414. The van der Waals surface area contributed by atoms with Gasteiger partial charge in [0, 0.05) is 12.1 Å². The number of hydrogen-bond acceptors (Lipinski definition) is 1. The topological polar surface area (TPSA) is 12.0 Å². The molecule has 1 N–H and O–H groups in total. The van der Waals surface area contributed by atoms with E-state index >= 15 is 0 Å². The summed E-state index contributed by atoms with van der Waals surface area (Å²) in [6.45, 7) is 2.14. The molecule has 1 aliphatic carbocycles. The Bertz CT molecular complexity index is 426. The Morgan fingerprint density at radius 2 is 1.63 bits per heavy atom. The summed E-state index contributed by atoms with van der Waals surface area (Å²) in [6, 6.07) is 4.56. The predicted octanol–water partition coefficient (Wildman–Crippen LogP) is 6.02. The minimum Gasteiger partial charge on any atom is -0.307 e. The van der Waals surface area contributed by atoms with Crippen LogP contribution in [0.4, 0.5) is 0 Å². The van der Waals surface area contributed by atoms with Crippen LogP contribution in [0.5, 0.6) is 0 Å². The summed E-state index contributed by atoms with van der Waals surface area (Å²) in [5.41, 5.74) is 1.03. The van der Waals surface area contributed by atoms with Gasteiger partial charge in [-0.2, -0.15) is 0 Å². The van der Waals surface area contributed by atoms with Crippen molar-refractivity contribution in [1.29, 1.82) is 0 Å². The lowest BCUT2D eigenvalue weighted by Crippen LogP contribution is -2.31. The minimum atomic E-state index is 0.199. The molecule has 0 aromatic heterocycles. The molecule has 1 nitrogen and oxygen atoms in total. The summed E-state index contributed by atoms with van der Waals surface area (Å²) in [5, 5.41) is 5.21. The molecule has 1 aromatic rings. The van der Waals surface area contributed by atoms with Gasteiger partial charge in [0.25, 0.3) is 0 Å². The molecule has 106 valence electrons. The molecule has 0 heterocycles. The van der Waals surface area contributed by atoms with Crippen molar-refractivity contribution < 1.29 is 0 Å². The third-order valence-corrected chi connectivity index (χ3v) is 5.18. The van der Waals surface area contributed by atoms with Crippen molar-refractivity contribution in [1.82, 2.24) is 5.32 Å². The molecule has 0 radical (unpaired) electrons. The summed E-state index contributed by atoms with van der Waals surface area (Å²) in [7, 11) is 0. The molecule has 4 heteroatoms. The molecule has 0 spiro atoms. The average Bonchev–Trinajstić information content (AvgIpc) is 2.64. The van der Waals surface area contributed by atoms with Crippen LogP contribution in [0.15, 0.2) is 12.1 Å². The molecule has 19 heavy (non-hydrogen) atoms. The molecular formula is C15H20Cl3N. The number of halogens is 3. The third-order valence-electron chi connectivity index (χ3n) is 3.87. The zero-order valence-corrected chi connectivity index (χ0v) is 13.5. The Kier molecular flexibility index (Phi) is 5.83. The second kappa shape index (κ2) is 7.17. The number of hydrogen-bond donors (Lipinski definition) is 1. The first-order valence-corrected chi connectivity index (χ1v) is 8.12. The van der Waals surface area contributed by atoms with Crippen LogP contribution < -0.4 is 5.32 Å². The molecule has 2 rings (SSSR count). The van der Waals surface area contributed by atoms with Crippen molar-refractivity contribution in [2.45, 2.75) is 57.5 Å². The van der Waals surface area contributed by atoms with E-state index in [0.29, 0.717) is 21.1 Å². The first-order valence-electron chi connectivity index (χ1n) is 6.99. The molecular weight excluding hydrogens is 301 g/mol. The van der Waals surface area contributed by atoms with Crippen molar-refractivity contribution in [3.63, 3.8) is 0 Å². The van der Waals surface area contributed by atoms with Crippen molar-refractivity contribution in [3.05, 3.63) is 32.8 Å². The first kappa shape index (κ1) is 15.4. The van der Waals surface area contributed by atoms with Crippen LogP contribution >= 0.6 is 34.8 Å². The minimum absolute atomic E-state index is 0.199. The van der Waals surface area contributed by atoms with Gasteiger partial charge in [0.05, 0.1) is 15.1 Å². The van der Waals surface area contributed by atoms with E-state index in [0.717, 1.165) is 5.56 Å². The largest absolute Gasteiger partial charge is 0.307 e. The summed E-state index contributed by atoms with van der Waals surface area (Å²) < 4.78 is 0. The van der Waals surface area contributed by atoms with Gasteiger partial charge in [-0.05, 0) is 31.4 Å². The zero-order chi connectivity index (χ0) is 13.8. The highest BCUT2D eigenvalue weighted by Gasteiger charge is 2.18. The Morgan fingerprint density at radius 1 is 1.00 bits per heavy atom. The Morgan fingerprint density at radius 3 is 2.26 bits per heavy atom. The molecule has 0 amide bonds. The average molecular weight is 321 g/mol. The molecule has 1 atom stereocenters. The second-order valence-electron chi connectivity index (χ2n) is 5.34. The zero-order valence-electron chi connectivity index (χ0n) is 11.2. The first-order chi connectivity index (χ1) is 9.09. The highest BCUT2D eigenvalue weighted by molar-refractivity contribution is 6.48. The highest BCUT2D eigenvalue weighted by atomic mass is 35.5. The number of benzene rings is 1. The summed E-state index contributed by atoms with van der Waals surface area (Å²) in [4.78, 5) is 0. The highest BCUT2D eigenvalue weighted by Crippen LogP contribution is 2.35. The van der Waals surface area contributed by atoms with E-state index in [9.17, 15) is 0 Å². The van der Waals surface area contributed by atoms with Crippen LogP contribution in [0.3, 0.4) is 0 Å². The molecule has 1 saturated carbocycles. The smallest absolute Gasteiger partial charge is 0.0781 e. The van der Waals surface area contributed by atoms with E-state index in [2.05, 4.69) is 12.2 Å². The maximum atomic E-state index is 6.29. The fraction of sp³-hybridized carbons (Fsp3) is 0.600. The van der Waals surface area contributed by atoms with Gasteiger partial charge in [-0.3, -0.25) is 0 Å². The van der Waals surface area contributed by atoms with E-state index < -0.39 is 0 Å². The van der Waals surface area contributed by atoms with Gasteiger partial charge in [0.15, 0.2) is 0 Å². The third kappa shape index (κ3) is 4.01. The van der Waals surface area contributed by atoms with Crippen molar-refractivity contribution in [2.24, 2.45) is 0 Å². The Balaban J connectivity index is 2.06. The standard InChI is InChI=1S/C15H20Cl3N/c1-10(19-11-6-4-2-3-5-7-11)12-8-9-13(16)15(18)14(12)17/h8-11,19H,2-7H2,1H3. The lowest BCUT2D eigenvalue weighted by atomic mass is 10.0. The fourth-order valence-corrected chi connectivity index (χ4v) is 3.47. The normalized spacial score (nSPS) is 19.2. The summed E-state index contributed by atoms with van der Waals surface area (Å²) in [6.07, 6.45) is 7.87. The van der Waals surface area contributed by atoms with Gasteiger partial charge >= 0.3 is 0 Å². The van der Waals surface area contributed by atoms with Gasteiger partial charge in [0.2, 0.25) is 0 Å². The van der Waals surface area contributed by atoms with Crippen molar-refractivity contribution in [3.8, 4) is 0 Å². The SMILES string of the molecule is CC(NC1CCCCCC1)c1ccc(Cl)c(Cl)c1Cl. The molecule has 1 aromatic carbocycles. The van der Waals surface area contributed by atoms with E-state index in [1.54, 1.807) is 0 Å². The fourth-order valence-electron chi connectivity index (χ4n) is 2.76. The quantitative estimate of drug-likeness (QED) is 0.530. The molecule has 1 unspecified atom stereocenters. The molecule has 0 bridgehead atoms. The van der Waals surface area contributed by atoms with Crippen LogP contribution in [0.2, 0.25) is 15.1 Å². The molecule has 1 fully saturated rings. The molecule has 0 aliphatic heterocycles. The summed E-state index contributed by atoms with van der Waals surface area (Å²) >= 11 is 18.4. The van der Waals surface area contributed by atoms with E-state index in [1.165, 1.54) is 38.5 Å². The number of rotatable bonds is 3. The van der Waals surface area contributed by atoms with Gasteiger partial charge in [-0.15, -0.1) is 0 Å². The Hall–Kier alpha value is 0.0500. The van der Waals surface area contributed by atoms with Gasteiger partial charge in [-0.1, -0.05) is 66.6 Å². The lowest BCUT2D eigenvalue weighted by Gasteiger charge is -2.23. The molecule has 1 aliphatic rings. The second-order valence-corrected chi connectivity index (χ2v) is 6.50. The van der Waals surface area contributed by atoms with Crippen LogP contribution in [-0.2, 0) is 0 Å². The maximum absolute atomic E-state index is 6.29. The Labute approximate surface area is 130 Å². The number of nitrogens with one attached hydrogen (secondary N) is 1. The van der Waals surface area contributed by atoms with E-state index in [-0.39, 0.29) is 6.04 Å². The van der Waals surface area contributed by atoms with Crippen LogP contribution in [0, 0.1) is 0 Å². The van der Waals surface area contributed by atoms with Gasteiger partial charge < -0.3 is 5.32 Å². The monoisotopic (exact) mass is 319 g/mol. The van der Waals surface area contributed by atoms with Crippen LogP contribution in [-0.4, -0.2) is 6.04 Å². The van der Waals surface area contributed by atoms with E-state index in [1.807, 2.05) is 12.1 Å². The maximum Gasteiger partial charge on any atom is 0.0781 e. The summed E-state index contributed by atoms with van der Waals surface area (Å²) in [5.74, 6) is 0. The van der Waals surface area contributed by atoms with Gasteiger partial charge in [0.1, 0.15) is 0 Å². The van der Waals surface area contributed by atoms with Crippen LogP contribution in [0.25, 0.3) is 0 Å². The molecule has 0 saturated heterocycles. The predicted molar refractivity (Wildman–Crippen MR) is 84.5 cm³/mol. The van der Waals surface area contributed by atoms with Crippen LogP contribution in [0.1, 0.15) is 57.1 Å². The van der Waals surface area contributed by atoms with Gasteiger partial charge in [-0.25, -0.2) is 0 Å².